The zero-order chi connectivity index (χ0) is 11.5. The second-order valence-electron chi connectivity index (χ2n) is 3.39. The van der Waals surface area contributed by atoms with E-state index in [-0.39, 0.29) is 5.82 Å². The Labute approximate surface area is 92.8 Å². The predicted molar refractivity (Wildman–Crippen MR) is 61.0 cm³/mol. The van der Waals surface area contributed by atoms with E-state index in [1.165, 1.54) is 12.1 Å². The molecule has 0 unspecified atom stereocenters. The highest BCUT2D eigenvalue weighted by Gasteiger charge is 2.08. The minimum absolute atomic E-state index is 0.343. The van der Waals surface area contributed by atoms with Gasteiger partial charge in [0.2, 0.25) is 0 Å². The van der Waals surface area contributed by atoms with E-state index >= 15 is 0 Å². The summed E-state index contributed by atoms with van der Waals surface area (Å²) in [5.41, 5.74) is 7.94. The summed E-state index contributed by atoms with van der Waals surface area (Å²) in [6.45, 7) is 0. The molecule has 0 heterocycles. The van der Waals surface area contributed by atoms with Crippen LogP contribution in [-0.4, -0.2) is 0 Å². The zero-order valence-corrected chi connectivity index (χ0v) is 8.44. The molecule has 0 bridgehead atoms. The minimum Gasteiger partial charge on any atom is -0.398 e. The number of nitrogens with two attached hydrogens (primary N) is 1. The Morgan fingerprint density at radius 1 is 1.12 bits per heavy atom. The van der Waals surface area contributed by atoms with Gasteiger partial charge in [-0.2, -0.15) is 5.26 Å². The number of nitriles is 1. The molecule has 0 spiro atoms. The van der Waals surface area contributed by atoms with Crippen molar-refractivity contribution in [2.45, 2.75) is 0 Å². The smallest absolute Gasteiger partial charge is 0.123 e. The molecule has 0 aliphatic carbocycles. The number of hydrogen-bond acceptors (Lipinski definition) is 2. The van der Waals surface area contributed by atoms with Gasteiger partial charge in [0, 0.05) is 11.3 Å². The van der Waals surface area contributed by atoms with Crippen molar-refractivity contribution < 1.29 is 4.39 Å². The molecule has 0 aliphatic heterocycles. The van der Waals surface area contributed by atoms with Crippen molar-refractivity contribution in [3.05, 3.63) is 53.8 Å². The zero-order valence-electron chi connectivity index (χ0n) is 8.44. The van der Waals surface area contributed by atoms with E-state index in [4.69, 9.17) is 11.0 Å². The van der Waals surface area contributed by atoms with Crippen LogP contribution in [0.2, 0.25) is 0 Å². The molecule has 0 fully saturated rings. The molecule has 2 aromatic carbocycles. The molecule has 2 N–H and O–H groups in total. The molecule has 3 heteroatoms. The van der Waals surface area contributed by atoms with Gasteiger partial charge in [0.15, 0.2) is 0 Å². The first-order chi connectivity index (χ1) is 7.72. The number of halogens is 1. The highest BCUT2D eigenvalue weighted by atomic mass is 19.1. The van der Waals surface area contributed by atoms with Crippen LogP contribution in [0.3, 0.4) is 0 Å². The molecule has 0 saturated heterocycles. The lowest BCUT2D eigenvalue weighted by Crippen LogP contribution is -1.93. The molecule has 0 saturated carbocycles. The number of nitrogens with zero attached hydrogens (tertiary/aromatic N) is 1. The SMILES string of the molecule is N#Cc1cccc(N)c1-c1cccc(F)c1. The fourth-order valence-electron chi connectivity index (χ4n) is 1.63. The summed E-state index contributed by atoms with van der Waals surface area (Å²) in [6, 6.07) is 13.2. The van der Waals surface area contributed by atoms with Crippen LogP contribution in [-0.2, 0) is 0 Å². The van der Waals surface area contributed by atoms with Crippen LogP contribution in [0.5, 0.6) is 0 Å². The molecule has 78 valence electrons. The maximum atomic E-state index is 13.1. The molecule has 0 aromatic heterocycles. The fraction of sp³-hybridized carbons (Fsp3) is 0. The number of anilines is 1. The number of nitrogen functional groups attached to an aromatic ring is 1. The normalized spacial score (nSPS) is 9.75. The monoisotopic (exact) mass is 212 g/mol. The molecule has 2 nitrogen and oxygen atoms in total. The van der Waals surface area contributed by atoms with Crippen LogP contribution in [0, 0.1) is 17.1 Å². The van der Waals surface area contributed by atoms with Crippen LogP contribution in [0.1, 0.15) is 5.56 Å². The summed E-state index contributed by atoms with van der Waals surface area (Å²) in [4.78, 5) is 0. The highest BCUT2D eigenvalue weighted by Crippen LogP contribution is 2.29. The molecule has 2 rings (SSSR count). The molecule has 0 aliphatic rings. The van der Waals surface area contributed by atoms with Gasteiger partial charge in [-0.15, -0.1) is 0 Å². The van der Waals surface area contributed by atoms with Crippen molar-refractivity contribution in [3.8, 4) is 17.2 Å². The average molecular weight is 212 g/mol. The Balaban J connectivity index is 2.69. The van der Waals surface area contributed by atoms with Crippen molar-refractivity contribution in [2.24, 2.45) is 0 Å². The molecule has 0 radical (unpaired) electrons. The summed E-state index contributed by atoms with van der Waals surface area (Å²) in [7, 11) is 0. The molecule has 2 aromatic rings. The summed E-state index contributed by atoms with van der Waals surface area (Å²) < 4.78 is 13.1. The second kappa shape index (κ2) is 4.03. The van der Waals surface area contributed by atoms with Crippen LogP contribution in [0.4, 0.5) is 10.1 Å². The first-order valence-electron chi connectivity index (χ1n) is 4.77. The van der Waals surface area contributed by atoms with Gasteiger partial charge >= 0.3 is 0 Å². The predicted octanol–water partition coefficient (Wildman–Crippen LogP) is 2.95. The van der Waals surface area contributed by atoms with E-state index in [1.807, 2.05) is 0 Å². The highest BCUT2D eigenvalue weighted by molar-refractivity contribution is 5.81. The quantitative estimate of drug-likeness (QED) is 0.739. The Hall–Kier alpha value is -2.34. The van der Waals surface area contributed by atoms with Crippen LogP contribution in [0.15, 0.2) is 42.5 Å². The van der Waals surface area contributed by atoms with Crippen molar-refractivity contribution in [1.82, 2.24) is 0 Å². The maximum absolute atomic E-state index is 13.1. The first kappa shape index (κ1) is 10.2. The van der Waals surface area contributed by atoms with Gasteiger partial charge in [-0.3, -0.25) is 0 Å². The average Bonchev–Trinajstić information content (AvgIpc) is 2.28. The summed E-state index contributed by atoms with van der Waals surface area (Å²) in [5, 5.41) is 8.97. The van der Waals surface area contributed by atoms with E-state index in [9.17, 15) is 4.39 Å². The second-order valence-corrected chi connectivity index (χ2v) is 3.39. The minimum atomic E-state index is -0.343. The number of rotatable bonds is 1. The number of benzene rings is 2. The third kappa shape index (κ3) is 1.73. The summed E-state index contributed by atoms with van der Waals surface area (Å²) in [6.07, 6.45) is 0. The van der Waals surface area contributed by atoms with Crippen molar-refractivity contribution in [2.75, 3.05) is 5.73 Å². The van der Waals surface area contributed by atoms with Crippen molar-refractivity contribution in [1.29, 1.82) is 5.26 Å². The largest absolute Gasteiger partial charge is 0.398 e. The first-order valence-corrected chi connectivity index (χ1v) is 4.77. The number of hydrogen-bond donors (Lipinski definition) is 1. The maximum Gasteiger partial charge on any atom is 0.123 e. The Kier molecular flexibility index (Phi) is 2.57. The van der Waals surface area contributed by atoms with E-state index in [2.05, 4.69) is 6.07 Å². The molecular weight excluding hydrogens is 203 g/mol. The van der Waals surface area contributed by atoms with Gasteiger partial charge in [-0.1, -0.05) is 18.2 Å². The Morgan fingerprint density at radius 3 is 2.56 bits per heavy atom. The third-order valence-electron chi connectivity index (χ3n) is 2.33. The van der Waals surface area contributed by atoms with E-state index in [0.717, 1.165) is 0 Å². The van der Waals surface area contributed by atoms with Gasteiger partial charge in [0.1, 0.15) is 5.82 Å². The lowest BCUT2D eigenvalue weighted by atomic mass is 9.98. The van der Waals surface area contributed by atoms with Gasteiger partial charge in [0.05, 0.1) is 11.6 Å². The van der Waals surface area contributed by atoms with Crippen LogP contribution < -0.4 is 5.73 Å². The van der Waals surface area contributed by atoms with Crippen molar-refractivity contribution >= 4 is 5.69 Å². The fourth-order valence-corrected chi connectivity index (χ4v) is 1.63. The third-order valence-corrected chi connectivity index (χ3v) is 2.33. The van der Waals surface area contributed by atoms with Gasteiger partial charge in [-0.25, -0.2) is 4.39 Å². The Morgan fingerprint density at radius 2 is 1.88 bits per heavy atom. The van der Waals surface area contributed by atoms with E-state index in [0.29, 0.717) is 22.4 Å². The topological polar surface area (TPSA) is 49.8 Å². The molecule has 0 amide bonds. The van der Waals surface area contributed by atoms with Gasteiger partial charge in [0.25, 0.3) is 0 Å². The van der Waals surface area contributed by atoms with Crippen LogP contribution in [0.25, 0.3) is 11.1 Å². The molecular formula is C13H9FN2. The summed E-state index contributed by atoms with van der Waals surface area (Å²) in [5.74, 6) is -0.343. The van der Waals surface area contributed by atoms with E-state index in [1.54, 1.807) is 30.3 Å². The molecule has 16 heavy (non-hydrogen) atoms. The van der Waals surface area contributed by atoms with Gasteiger partial charge < -0.3 is 5.73 Å². The summed E-state index contributed by atoms with van der Waals surface area (Å²) >= 11 is 0. The van der Waals surface area contributed by atoms with Gasteiger partial charge in [-0.05, 0) is 29.8 Å². The Bertz CT molecular complexity index is 570. The lowest BCUT2D eigenvalue weighted by Gasteiger charge is -2.07. The standard InChI is InChI=1S/C13H9FN2/c14-11-5-1-3-9(7-11)13-10(8-15)4-2-6-12(13)16/h1-7H,16H2. The van der Waals surface area contributed by atoms with E-state index < -0.39 is 0 Å². The van der Waals surface area contributed by atoms with Crippen LogP contribution >= 0.6 is 0 Å². The molecule has 0 atom stereocenters. The lowest BCUT2D eigenvalue weighted by molar-refractivity contribution is 0.628. The van der Waals surface area contributed by atoms with Crippen molar-refractivity contribution in [3.63, 3.8) is 0 Å².